The molecule has 6 nitrogen and oxygen atoms in total. The molecule has 2 aromatic carbocycles. The highest BCUT2D eigenvalue weighted by molar-refractivity contribution is 5.74. The molecule has 0 amide bonds. The van der Waals surface area contributed by atoms with Crippen LogP contribution in [0, 0.1) is 11.3 Å². The lowest BCUT2D eigenvalue weighted by molar-refractivity contribution is 0.483. The second kappa shape index (κ2) is 6.45. The van der Waals surface area contributed by atoms with Crippen LogP contribution in [0.2, 0.25) is 0 Å². The van der Waals surface area contributed by atoms with Crippen molar-refractivity contribution in [2.24, 2.45) is 10.7 Å². The van der Waals surface area contributed by atoms with E-state index < -0.39 is 0 Å². The molecule has 0 saturated carbocycles. The van der Waals surface area contributed by atoms with Crippen LogP contribution in [0.3, 0.4) is 0 Å². The number of rotatable bonds is 4. The Bertz CT molecular complexity index is 860. The Morgan fingerprint density at radius 3 is 2.43 bits per heavy atom. The summed E-state index contributed by atoms with van der Waals surface area (Å²) in [5, 5.41) is 16.1. The summed E-state index contributed by atoms with van der Waals surface area (Å²) >= 11 is 0. The number of hydrogen-bond acceptors (Lipinski definition) is 4. The van der Waals surface area contributed by atoms with Gasteiger partial charge in [0, 0.05) is 5.56 Å². The third kappa shape index (κ3) is 3.04. The van der Waals surface area contributed by atoms with E-state index >= 15 is 0 Å². The fourth-order valence-electron chi connectivity index (χ4n) is 2.13. The van der Waals surface area contributed by atoms with E-state index in [0.29, 0.717) is 17.0 Å². The molecule has 0 saturated heterocycles. The maximum absolute atomic E-state index is 9.28. The molecule has 0 fully saturated rings. The van der Waals surface area contributed by atoms with Crippen LogP contribution < -0.4 is 10.5 Å². The van der Waals surface area contributed by atoms with Crippen molar-refractivity contribution in [2.45, 2.75) is 0 Å². The third-order valence-corrected chi connectivity index (χ3v) is 3.18. The molecule has 0 atom stereocenters. The maximum Gasteiger partial charge on any atom is 0.193 e. The van der Waals surface area contributed by atoms with E-state index in [1.807, 2.05) is 54.6 Å². The van der Waals surface area contributed by atoms with Crippen molar-refractivity contribution in [3.8, 4) is 28.8 Å². The molecule has 3 rings (SSSR count). The van der Waals surface area contributed by atoms with Crippen molar-refractivity contribution in [3.63, 3.8) is 0 Å². The molecule has 0 aliphatic heterocycles. The lowest BCUT2D eigenvalue weighted by atomic mass is 10.1. The van der Waals surface area contributed by atoms with Crippen LogP contribution in [-0.4, -0.2) is 16.5 Å². The van der Waals surface area contributed by atoms with Crippen molar-refractivity contribution >= 4 is 12.2 Å². The standard InChI is InChI=1S/C17H13N5O/c18-10-15-16(21-22-17(15)20-11-19)12-6-8-14(9-7-12)23-13-4-2-1-3-5-13/h1-9,11H,(H3,19,20,21,22). The molecule has 112 valence electrons. The summed E-state index contributed by atoms with van der Waals surface area (Å²) in [6.45, 7) is 0. The first-order valence-corrected chi connectivity index (χ1v) is 6.88. The number of nitrogens with one attached hydrogen (secondary N) is 1. The topological polar surface area (TPSA) is 100 Å². The van der Waals surface area contributed by atoms with E-state index in [1.165, 1.54) is 0 Å². The Morgan fingerprint density at radius 2 is 1.78 bits per heavy atom. The summed E-state index contributed by atoms with van der Waals surface area (Å²) in [6.07, 6.45) is 1.11. The number of benzene rings is 2. The van der Waals surface area contributed by atoms with Crippen molar-refractivity contribution in [1.29, 1.82) is 5.26 Å². The number of nitriles is 1. The normalized spacial score (nSPS) is 10.6. The number of para-hydroxylation sites is 1. The highest BCUT2D eigenvalue weighted by atomic mass is 16.5. The number of nitrogens with zero attached hydrogens (tertiary/aromatic N) is 3. The fraction of sp³-hybridized carbons (Fsp3) is 0. The number of nitrogens with two attached hydrogens (primary N) is 1. The summed E-state index contributed by atoms with van der Waals surface area (Å²) < 4.78 is 5.74. The van der Waals surface area contributed by atoms with Gasteiger partial charge < -0.3 is 10.5 Å². The van der Waals surface area contributed by atoms with Gasteiger partial charge in [0.2, 0.25) is 0 Å². The van der Waals surface area contributed by atoms with E-state index in [0.717, 1.165) is 17.7 Å². The molecule has 0 aliphatic rings. The molecular formula is C17H13N5O. The average Bonchev–Trinajstić information content (AvgIpc) is 2.99. The SMILES string of the molecule is N#Cc1c(N=CN)n[nH]c1-c1ccc(Oc2ccccc2)cc1. The molecular weight excluding hydrogens is 290 g/mol. The molecule has 1 heterocycles. The number of aromatic amines is 1. The molecule has 0 bridgehead atoms. The zero-order chi connectivity index (χ0) is 16.1. The first-order chi connectivity index (χ1) is 11.3. The molecule has 3 aromatic rings. The zero-order valence-electron chi connectivity index (χ0n) is 12.1. The number of aromatic nitrogens is 2. The molecule has 6 heteroatoms. The van der Waals surface area contributed by atoms with Gasteiger partial charge in [0.1, 0.15) is 23.1 Å². The highest BCUT2D eigenvalue weighted by Gasteiger charge is 2.13. The highest BCUT2D eigenvalue weighted by Crippen LogP contribution is 2.29. The smallest absolute Gasteiger partial charge is 0.193 e. The Morgan fingerprint density at radius 1 is 1.09 bits per heavy atom. The van der Waals surface area contributed by atoms with Crippen molar-refractivity contribution in [1.82, 2.24) is 10.2 Å². The molecule has 0 spiro atoms. The average molecular weight is 303 g/mol. The largest absolute Gasteiger partial charge is 0.457 e. The predicted octanol–water partition coefficient (Wildman–Crippen LogP) is 3.36. The monoisotopic (exact) mass is 303 g/mol. The van der Waals surface area contributed by atoms with E-state index in [2.05, 4.69) is 21.3 Å². The summed E-state index contributed by atoms with van der Waals surface area (Å²) in [6, 6.07) is 19.0. The van der Waals surface area contributed by atoms with Crippen LogP contribution in [0.4, 0.5) is 5.82 Å². The summed E-state index contributed by atoms with van der Waals surface area (Å²) in [5.74, 6) is 1.74. The van der Waals surface area contributed by atoms with Crippen LogP contribution >= 0.6 is 0 Å². The Balaban J connectivity index is 1.87. The molecule has 1 aromatic heterocycles. The van der Waals surface area contributed by atoms with Gasteiger partial charge in [-0.15, -0.1) is 0 Å². The second-order valence-corrected chi connectivity index (χ2v) is 4.63. The molecule has 23 heavy (non-hydrogen) atoms. The van der Waals surface area contributed by atoms with E-state index in [9.17, 15) is 5.26 Å². The van der Waals surface area contributed by atoms with Gasteiger partial charge in [-0.25, -0.2) is 4.99 Å². The van der Waals surface area contributed by atoms with Gasteiger partial charge in [0.15, 0.2) is 5.82 Å². The quantitative estimate of drug-likeness (QED) is 0.570. The molecule has 3 N–H and O–H groups in total. The van der Waals surface area contributed by atoms with Crippen molar-refractivity contribution in [2.75, 3.05) is 0 Å². The predicted molar refractivity (Wildman–Crippen MR) is 87.6 cm³/mol. The lowest BCUT2D eigenvalue weighted by Crippen LogP contribution is -1.87. The fourth-order valence-corrected chi connectivity index (χ4v) is 2.13. The van der Waals surface area contributed by atoms with Gasteiger partial charge in [-0.1, -0.05) is 18.2 Å². The number of aliphatic imine (C=N–C) groups is 1. The molecule has 0 unspecified atom stereocenters. The zero-order valence-corrected chi connectivity index (χ0v) is 12.1. The van der Waals surface area contributed by atoms with Crippen LogP contribution in [0.1, 0.15) is 5.56 Å². The summed E-state index contributed by atoms with van der Waals surface area (Å²) in [7, 11) is 0. The van der Waals surface area contributed by atoms with Crippen LogP contribution in [0.25, 0.3) is 11.3 Å². The van der Waals surface area contributed by atoms with Gasteiger partial charge in [-0.2, -0.15) is 10.4 Å². The molecule has 0 radical (unpaired) electrons. The number of hydrogen-bond donors (Lipinski definition) is 2. The Labute approximate surface area is 132 Å². The van der Waals surface area contributed by atoms with E-state index in [-0.39, 0.29) is 5.82 Å². The van der Waals surface area contributed by atoms with Gasteiger partial charge >= 0.3 is 0 Å². The lowest BCUT2D eigenvalue weighted by Gasteiger charge is -2.06. The van der Waals surface area contributed by atoms with Gasteiger partial charge in [0.05, 0.1) is 12.0 Å². The number of ether oxygens (including phenoxy) is 1. The van der Waals surface area contributed by atoms with E-state index in [1.54, 1.807) is 0 Å². The second-order valence-electron chi connectivity index (χ2n) is 4.63. The minimum Gasteiger partial charge on any atom is -0.457 e. The van der Waals surface area contributed by atoms with Crippen molar-refractivity contribution < 1.29 is 4.74 Å². The van der Waals surface area contributed by atoms with Gasteiger partial charge in [-0.05, 0) is 36.4 Å². The van der Waals surface area contributed by atoms with Gasteiger partial charge in [0.25, 0.3) is 0 Å². The first-order valence-electron chi connectivity index (χ1n) is 6.88. The minimum absolute atomic E-state index is 0.273. The van der Waals surface area contributed by atoms with Crippen molar-refractivity contribution in [3.05, 3.63) is 60.2 Å². The first kappa shape index (κ1) is 14.4. The maximum atomic E-state index is 9.28. The molecule has 0 aliphatic carbocycles. The Hall–Kier alpha value is -3.59. The number of H-pyrrole nitrogens is 1. The van der Waals surface area contributed by atoms with Crippen LogP contribution in [-0.2, 0) is 0 Å². The Kier molecular flexibility index (Phi) is 4.03. The van der Waals surface area contributed by atoms with Gasteiger partial charge in [-0.3, -0.25) is 5.10 Å². The van der Waals surface area contributed by atoms with Crippen LogP contribution in [0.5, 0.6) is 11.5 Å². The van der Waals surface area contributed by atoms with Crippen LogP contribution in [0.15, 0.2) is 59.6 Å². The summed E-state index contributed by atoms with van der Waals surface area (Å²) in [5.41, 5.74) is 7.01. The third-order valence-electron chi connectivity index (χ3n) is 3.18. The summed E-state index contributed by atoms with van der Waals surface area (Å²) in [4.78, 5) is 3.86. The minimum atomic E-state index is 0.273. The van der Waals surface area contributed by atoms with E-state index in [4.69, 9.17) is 10.5 Å².